The number of ether oxygens (including phenoxy) is 11. The van der Waals surface area contributed by atoms with Crippen molar-refractivity contribution in [1.82, 2.24) is 0 Å². The molecule has 0 unspecified atom stereocenters. The van der Waals surface area contributed by atoms with Crippen LogP contribution >= 0.6 is 0 Å². The fourth-order valence-electron chi connectivity index (χ4n) is 4.15. The Morgan fingerprint density at radius 3 is 0.915 bits per heavy atom. The van der Waals surface area contributed by atoms with Gasteiger partial charge in [-0.05, 0) is 18.6 Å². The maximum absolute atomic E-state index is 5.62. The second-order valence-electron chi connectivity index (χ2n) is 10.8. The van der Waals surface area contributed by atoms with Crippen LogP contribution in [-0.4, -0.2) is 139 Å². The minimum Gasteiger partial charge on any atom is -0.491 e. The van der Waals surface area contributed by atoms with Gasteiger partial charge in [0.1, 0.15) is 12.4 Å². The van der Waals surface area contributed by atoms with Crippen LogP contribution < -0.4 is 4.74 Å². The molecule has 0 aromatic heterocycles. The minimum absolute atomic E-state index is 0.520. The molecule has 47 heavy (non-hydrogen) atoms. The summed E-state index contributed by atoms with van der Waals surface area (Å²) in [5, 5.41) is 0. The van der Waals surface area contributed by atoms with E-state index in [2.05, 4.69) is 6.92 Å². The molecule has 0 atom stereocenters. The van der Waals surface area contributed by atoms with Gasteiger partial charge in [-0.15, -0.1) is 0 Å². The smallest absolute Gasteiger partial charge is 0.119 e. The Kier molecular flexibility index (Phi) is 36.3. The lowest BCUT2D eigenvalue weighted by molar-refractivity contribution is -0.0267. The number of para-hydroxylation sites is 1. The average Bonchev–Trinajstić information content (AvgIpc) is 3.09. The fraction of sp³-hybridized carbons (Fsp3) is 0.833. The van der Waals surface area contributed by atoms with Crippen molar-refractivity contribution in [2.75, 3.05) is 139 Å². The van der Waals surface area contributed by atoms with E-state index in [1.54, 1.807) is 0 Å². The van der Waals surface area contributed by atoms with Crippen molar-refractivity contribution in [2.45, 2.75) is 58.3 Å². The number of rotatable bonds is 40. The second-order valence-corrected chi connectivity index (χ2v) is 10.8. The highest BCUT2D eigenvalue weighted by Crippen LogP contribution is 2.09. The summed E-state index contributed by atoms with van der Waals surface area (Å²) in [5.74, 6) is 0.847. The molecule has 0 heterocycles. The highest BCUT2D eigenvalue weighted by molar-refractivity contribution is 5.20. The largest absolute Gasteiger partial charge is 0.491 e. The van der Waals surface area contributed by atoms with E-state index in [-0.39, 0.29) is 0 Å². The van der Waals surface area contributed by atoms with Gasteiger partial charge in [0.25, 0.3) is 0 Å². The monoisotopic (exact) mass is 674 g/mol. The van der Waals surface area contributed by atoms with E-state index >= 15 is 0 Å². The van der Waals surface area contributed by atoms with Crippen LogP contribution in [0.5, 0.6) is 5.75 Å². The SMILES string of the molecule is CCCCCCCCCCOCCOCCOCCOCCOCCOCCOCCOCCOCCOCCOc1ccccc1. The molecule has 0 amide bonds. The van der Waals surface area contributed by atoms with E-state index in [9.17, 15) is 0 Å². The molecular weight excluding hydrogens is 608 g/mol. The zero-order valence-electron chi connectivity index (χ0n) is 29.4. The van der Waals surface area contributed by atoms with Crippen molar-refractivity contribution in [3.63, 3.8) is 0 Å². The van der Waals surface area contributed by atoms with E-state index in [0.717, 1.165) is 18.8 Å². The van der Waals surface area contributed by atoms with Crippen LogP contribution in [0.2, 0.25) is 0 Å². The Morgan fingerprint density at radius 1 is 0.298 bits per heavy atom. The lowest BCUT2D eigenvalue weighted by Crippen LogP contribution is -2.15. The summed E-state index contributed by atoms with van der Waals surface area (Å²) in [6.45, 7) is 13.9. The zero-order chi connectivity index (χ0) is 33.4. The lowest BCUT2D eigenvalue weighted by Gasteiger charge is -2.09. The van der Waals surface area contributed by atoms with Gasteiger partial charge in [-0.25, -0.2) is 0 Å². The van der Waals surface area contributed by atoms with Gasteiger partial charge < -0.3 is 52.1 Å². The Hall–Kier alpha value is -1.38. The van der Waals surface area contributed by atoms with Crippen LogP contribution in [0.1, 0.15) is 58.3 Å². The fourth-order valence-corrected chi connectivity index (χ4v) is 4.15. The molecule has 1 aromatic carbocycles. The predicted octanol–water partition coefficient (Wildman–Crippen LogP) is 5.37. The van der Waals surface area contributed by atoms with Crippen molar-refractivity contribution in [2.24, 2.45) is 0 Å². The summed E-state index contributed by atoms with van der Waals surface area (Å²) >= 11 is 0. The van der Waals surface area contributed by atoms with Gasteiger partial charge in [0, 0.05) is 6.61 Å². The van der Waals surface area contributed by atoms with Gasteiger partial charge in [0.15, 0.2) is 0 Å². The summed E-state index contributed by atoms with van der Waals surface area (Å²) in [4.78, 5) is 0. The summed E-state index contributed by atoms with van der Waals surface area (Å²) < 4.78 is 60.7. The zero-order valence-corrected chi connectivity index (χ0v) is 29.4. The Balaban J connectivity index is 1.60. The molecule has 1 rings (SSSR count). The molecule has 11 heteroatoms. The number of unbranched alkanes of at least 4 members (excludes halogenated alkanes) is 7. The number of hydrogen-bond acceptors (Lipinski definition) is 11. The Morgan fingerprint density at radius 2 is 0.574 bits per heavy atom. The van der Waals surface area contributed by atoms with Crippen molar-refractivity contribution in [3.8, 4) is 5.75 Å². The maximum Gasteiger partial charge on any atom is 0.119 e. The van der Waals surface area contributed by atoms with E-state index in [4.69, 9.17) is 52.1 Å². The van der Waals surface area contributed by atoms with E-state index < -0.39 is 0 Å². The highest BCUT2D eigenvalue weighted by atomic mass is 16.6. The molecule has 0 bridgehead atoms. The summed E-state index contributed by atoms with van der Waals surface area (Å²) in [5.41, 5.74) is 0. The second kappa shape index (κ2) is 39.1. The Labute approximate surface area is 285 Å². The van der Waals surface area contributed by atoms with E-state index in [1.807, 2.05) is 30.3 Å². The van der Waals surface area contributed by atoms with Gasteiger partial charge in [0.2, 0.25) is 0 Å². The molecule has 0 saturated carbocycles. The normalized spacial score (nSPS) is 11.4. The summed E-state index contributed by atoms with van der Waals surface area (Å²) in [6.07, 6.45) is 10.5. The molecule has 0 aliphatic heterocycles. The van der Waals surface area contributed by atoms with Crippen LogP contribution in [0.3, 0.4) is 0 Å². The molecule has 0 aliphatic rings. The van der Waals surface area contributed by atoms with Crippen molar-refractivity contribution in [1.29, 1.82) is 0 Å². The van der Waals surface area contributed by atoms with Crippen molar-refractivity contribution >= 4 is 0 Å². The lowest BCUT2D eigenvalue weighted by atomic mass is 10.1. The molecule has 276 valence electrons. The molecule has 0 aliphatic carbocycles. The van der Waals surface area contributed by atoms with Gasteiger partial charge >= 0.3 is 0 Å². The standard InChI is InChI=1S/C36H66O11/c1-2-3-4-5-6-7-8-12-15-37-16-17-38-18-19-39-20-21-40-22-23-41-24-25-42-26-27-43-28-29-44-30-31-45-32-33-46-34-35-47-36-13-10-9-11-14-36/h9-11,13-14H,2-8,12,15-35H2,1H3. The minimum atomic E-state index is 0.520. The van der Waals surface area contributed by atoms with Crippen LogP contribution in [0.4, 0.5) is 0 Å². The molecule has 1 aromatic rings. The third-order valence-electron chi connectivity index (χ3n) is 6.73. The van der Waals surface area contributed by atoms with Crippen LogP contribution in [0.15, 0.2) is 30.3 Å². The number of benzene rings is 1. The third kappa shape index (κ3) is 35.7. The molecule has 0 saturated heterocycles. The van der Waals surface area contributed by atoms with E-state index in [1.165, 1.54) is 44.9 Å². The first-order chi connectivity index (χ1) is 23.4. The summed E-state index contributed by atoms with van der Waals surface area (Å²) in [7, 11) is 0. The topological polar surface area (TPSA) is 102 Å². The van der Waals surface area contributed by atoms with Crippen molar-refractivity contribution < 1.29 is 52.1 Å². The first-order valence-electron chi connectivity index (χ1n) is 17.9. The maximum atomic E-state index is 5.62. The van der Waals surface area contributed by atoms with Crippen LogP contribution in [0, 0.1) is 0 Å². The average molecular weight is 675 g/mol. The molecule has 0 radical (unpaired) electrons. The van der Waals surface area contributed by atoms with Crippen LogP contribution in [0.25, 0.3) is 0 Å². The van der Waals surface area contributed by atoms with Gasteiger partial charge in [-0.2, -0.15) is 0 Å². The molecule has 11 nitrogen and oxygen atoms in total. The van der Waals surface area contributed by atoms with E-state index in [0.29, 0.717) is 132 Å². The molecular formula is C36H66O11. The van der Waals surface area contributed by atoms with Gasteiger partial charge in [-0.1, -0.05) is 70.1 Å². The first-order valence-corrected chi connectivity index (χ1v) is 17.9. The first kappa shape index (κ1) is 43.6. The predicted molar refractivity (Wildman–Crippen MR) is 183 cm³/mol. The van der Waals surface area contributed by atoms with Crippen molar-refractivity contribution in [3.05, 3.63) is 30.3 Å². The Bertz CT molecular complexity index is 699. The van der Waals surface area contributed by atoms with Gasteiger partial charge in [0.05, 0.1) is 126 Å². The highest BCUT2D eigenvalue weighted by Gasteiger charge is 1.97. The van der Waals surface area contributed by atoms with Crippen LogP contribution in [-0.2, 0) is 47.4 Å². The quantitative estimate of drug-likeness (QED) is 0.0840. The third-order valence-corrected chi connectivity index (χ3v) is 6.73. The molecule has 0 fully saturated rings. The van der Waals surface area contributed by atoms with Gasteiger partial charge in [-0.3, -0.25) is 0 Å². The molecule has 0 spiro atoms. The summed E-state index contributed by atoms with van der Waals surface area (Å²) in [6, 6.07) is 9.69. The number of hydrogen-bond donors (Lipinski definition) is 0. The molecule has 0 N–H and O–H groups in total.